The fourth-order valence-corrected chi connectivity index (χ4v) is 7.54. The van der Waals surface area contributed by atoms with Crippen LogP contribution in [0.2, 0.25) is 0 Å². The Kier molecular flexibility index (Phi) is 12.8. The van der Waals surface area contributed by atoms with Gasteiger partial charge in [0, 0.05) is 46.7 Å². The number of ether oxygens (including phenoxy) is 2. The minimum absolute atomic E-state index is 0.0438. The topological polar surface area (TPSA) is 135 Å². The third-order valence-corrected chi connectivity index (χ3v) is 10.5. The fourth-order valence-electron chi connectivity index (χ4n) is 7.12. The number of aromatic nitrogens is 2. The number of unbranched alkanes of at least 4 members (excludes halogenated alkanes) is 6. The molecule has 3 aromatic carbocycles. The number of hydrogen-bond donors (Lipinski definition) is 3. The molecule has 3 heterocycles. The average molecular weight is 786 g/mol. The van der Waals surface area contributed by atoms with Gasteiger partial charge < -0.3 is 25.0 Å². The molecule has 0 radical (unpaired) electrons. The number of halogens is 1. The van der Waals surface area contributed by atoms with E-state index < -0.39 is 6.04 Å². The maximum Gasteiger partial charge on any atom is 0.254 e. The molecule has 12 heteroatoms. The number of nitrogens with zero attached hydrogens (tertiary/aromatic N) is 3. The summed E-state index contributed by atoms with van der Waals surface area (Å²) in [6, 6.07) is 17.5. The number of carbonyl (C=O) groups excluding carboxylic acids is 3. The molecular weight excluding hydrogens is 736 g/mol. The highest BCUT2D eigenvalue weighted by Crippen LogP contribution is 2.36. The van der Waals surface area contributed by atoms with E-state index in [-0.39, 0.29) is 30.2 Å². The van der Waals surface area contributed by atoms with Crippen molar-refractivity contribution in [1.29, 1.82) is 0 Å². The molecule has 1 unspecified atom stereocenters. The quantitative estimate of drug-likeness (QED) is 0.0722. The van der Waals surface area contributed by atoms with Crippen LogP contribution >= 0.6 is 15.9 Å². The van der Waals surface area contributed by atoms with Crippen LogP contribution in [-0.2, 0) is 16.0 Å². The van der Waals surface area contributed by atoms with Gasteiger partial charge in [-0.2, -0.15) is 0 Å². The van der Waals surface area contributed by atoms with Gasteiger partial charge in [-0.1, -0.05) is 60.2 Å². The predicted octanol–water partition coefficient (Wildman–Crippen LogP) is 7.91. The van der Waals surface area contributed by atoms with Crippen LogP contribution in [0.3, 0.4) is 0 Å². The Morgan fingerprint density at radius 2 is 1.74 bits per heavy atom. The monoisotopic (exact) mass is 784 g/mol. The molecule has 2 aliphatic heterocycles. The highest BCUT2D eigenvalue weighted by atomic mass is 79.9. The van der Waals surface area contributed by atoms with Crippen molar-refractivity contribution < 1.29 is 23.9 Å². The van der Waals surface area contributed by atoms with E-state index in [9.17, 15) is 14.4 Å². The smallest absolute Gasteiger partial charge is 0.254 e. The SMILES string of the molecule is COc1cc2c(N[C@H](C)c3cccc(Br)c3)nc(C)nc2cc1OCCCCCCCCCNc1ccc2c(c1)CCN(C1CCC(=O)NC1=O)C2=O. The molecule has 0 spiro atoms. The molecule has 1 saturated heterocycles. The summed E-state index contributed by atoms with van der Waals surface area (Å²) in [7, 11) is 1.66. The van der Waals surface area contributed by atoms with Gasteiger partial charge in [-0.25, -0.2) is 9.97 Å². The molecule has 11 nitrogen and oxygen atoms in total. The number of hydrogen-bond acceptors (Lipinski definition) is 9. The molecule has 53 heavy (non-hydrogen) atoms. The van der Waals surface area contributed by atoms with Gasteiger partial charge in [0.1, 0.15) is 17.7 Å². The first-order valence-corrected chi connectivity index (χ1v) is 19.5. The van der Waals surface area contributed by atoms with E-state index in [1.165, 1.54) is 12.8 Å². The molecule has 2 aliphatic rings. The third kappa shape index (κ3) is 9.64. The lowest BCUT2D eigenvalue weighted by Gasteiger charge is -2.36. The number of nitrogens with one attached hydrogen (secondary N) is 3. The number of carbonyl (C=O) groups is 3. The normalized spacial score (nSPS) is 16.3. The molecule has 3 N–H and O–H groups in total. The third-order valence-electron chi connectivity index (χ3n) is 10.0. The summed E-state index contributed by atoms with van der Waals surface area (Å²) < 4.78 is 12.9. The number of rotatable bonds is 17. The number of anilines is 2. The van der Waals surface area contributed by atoms with E-state index in [1.807, 2.05) is 43.3 Å². The number of piperidine rings is 1. The highest BCUT2D eigenvalue weighted by Gasteiger charge is 2.37. The molecule has 4 aromatic rings. The van der Waals surface area contributed by atoms with Gasteiger partial charge in [0.2, 0.25) is 11.8 Å². The minimum atomic E-state index is -0.574. The maximum absolute atomic E-state index is 13.1. The Morgan fingerprint density at radius 3 is 2.51 bits per heavy atom. The van der Waals surface area contributed by atoms with Gasteiger partial charge in [-0.05, 0) is 87.1 Å². The van der Waals surface area contributed by atoms with E-state index in [0.29, 0.717) is 48.9 Å². The van der Waals surface area contributed by atoms with E-state index in [1.54, 1.807) is 12.0 Å². The molecule has 2 atom stereocenters. The Bertz CT molecular complexity index is 1950. The number of benzene rings is 3. The first kappa shape index (κ1) is 38.0. The fraction of sp³-hybridized carbons (Fsp3) is 0.439. The second kappa shape index (κ2) is 17.9. The number of amides is 3. The molecule has 1 fully saturated rings. The zero-order valence-electron chi connectivity index (χ0n) is 30.8. The van der Waals surface area contributed by atoms with Crippen molar-refractivity contribution >= 4 is 56.1 Å². The lowest BCUT2D eigenvalue weighted by molar-refractivity contribution is -0.136. The van der Waals surface area contributed by atoms with Gasteiger partial charge in [0.15, 0.2) is 11.5 Å². The number of aryl methyl sites for hydroxylation is 1. The summed E-state index contributed by atoms with van der Waals surface area (Å²) in [5.41, 5.74) is 4.62. The maximum atomic E-state index is 13.1. The first-order valence-electron chi connectivity index (χ1n) is 18.7. The van der Waals surface area contributed by atoms with Crippen LogP contribution < -0.4 is 25.4 Å². The Morgan fingerprint density at radius 1 is 0.943 bits per heavy atom. The summed E-state index contributed by atoms with van der Waals surface area (Å²) in [5.74, 6) is 2.02. The van der Waals surface area contributed by atoms with Gasteiger partial charge >= 0.3 is 0 Å². The van der Waals surface area contributed by atoms with Crippen molar-refractivity contribution in [2.75, 3.05) is 37.4 Å². The van der Waals surface area contributed by atoms with Crippen LogP contribution in [0.15, 0.2) is 59.1 Å². The molecule has 0 aliphatic carbocycles. The van der Waals surface area contributed by atoms with Crippen LogP contribution in [-0.4, -0.2) is 65.4 Å². The molecule has 6 rings (SSSR count). The summed E-state index contributed by atoms with van der Waals surface area (Å²) in [6.45, 7) is 5.98. The van der Waals surface area contributed by atoms with Gasteiger partial charge in [0.25, 0.3) is 5.91 Å². The summed E-state index contributed by atoms with van der Waals surface area (Å²) in [5, 5.41) is 10.3. The molecule has 0 saturated carbocycles. The van der Waals surface area contributed by atoms with Crippen molar-refractivity contribution in [3.63, 3.8) is 0 Å². The molecular formula is C41H49BrN6O5. The Hall–Kier alpha value is -4.71. The molecule has 1 aromatic heterocycles. The lowest BCUT2D eigenvalue weighted by Crippen LogP contribution is -2.55. The van der Waals surface area contributed by atoms with Crippen molar-refractivity contribution in [2.45, 2.75) is 90.1 Å². The van der Waals surface area contributed by atoms with Crippen molar-refractivity contribution in [3.8, 4) is 11.5 Å². The first-order chi connectivity index (χ1) is 25.7. The Labute approximate surface area is 319 Å². The van der Waals surface area contributed by atoms with Crippen LogP contribution in [0, 0.1) is 6.92 Å². The van der Waals surface area contributed by atoms with E-state index in [4.69, 9.17) is 19.4 Å². The zero-order valence-corrected chi connectivity index (χ0v) is 32.4. The summed E-state index contributed by atoms with van der Waals surface area (Å²) >= 11 is 3.56. The summed E-state index contributed by atoms with van der Waals surface area (Å²) in [4.78, 5) is 48.0. The molecule has 280 valence electrons. The lowest BCUT2D eigenvalue weighted by atomic mass is 9.94. The second-order valence-corrected chi connectivity index (χ2v) is 14.8. The highest BCUT2D eigenvalue weighted by molar-refractivity contribution is 9.10. The van der Waals surface area contributed by atoms with Crippen LogP contribution in [0.4, 0.5) is 11.5 Å². The zero-order chi connectivity index (χ0) is 37.3. The van der Waals surface area contributed by atoms with Crippen molar-refractivity contribution in [2.24, 2.45) is 0 Å². The van der Waals surface area contributed by atoms with Crippen molar-refractivity contribution in [1.82, 2.24) is 20.2 Å². The number of fused-ring (bicyclic) bond motifs is 2. The van der Waals surface area contributed by atoms with Crippen LogP contribution in [0.5, 0.6) is 11.5 Å². The summed E-state index contributed by atoms with van der Waals surface area (Å²) in [6.07, 6.45) is 9.17. The Balaban J connectivity index is 0.881. The average Bonchev–Trinajstić information content (AvgIpc) is 3.14. The predicted molar refractivity (Wildman–Crippen MR) is 211 cm³/mol. The number of imide groups is 1. The van der Waals surface area contributed by atoms with E-state index in [0.717, 1.165) is 76.7 Å². The largest absolute Gasteiger partial charge is 0.493 e. The molecule has 3 amide bonds. The molecule has 0 bridgehead atoms. The van der Waals surface area contributed by atoms with E-state index >= 15 is 0 Å². The van der Waals surface area contributed by atoms with Gasteiger partial charge in [-0.3, -0.25) is 19.7 Å². The van der Waals surface area contributed by atoms with Gasteiger partial charge in [0.05, 0.1) is 25.3 Å². The standard InChI is InChI=1S/C41H49BrN6O5/c1-26(28-12-11-13-30(42)22-28)44-39-33-24-36(52-3)37(25-34(33)45-27(2)46-39)53-21-10-8-6-4-5-7-9-19-43-31-14-15-32-29(23-31)18-20-48(41(32)51)35-16-17-38(49)47-40(35)50/h11-15,22-26,35,43H,4-10,16-21H2,1-3H3,(H,44,45,46)(H,47,49,50)/t26-,35?/m1/s1. The van der Waals surface area contributed by atoms with Crippen molar-refractivity contribution in [3.05, 3.63) is 81.6 Å². The minimum Gasteiger partial charge on any atom is -0.493 e. The number of methoxy groups -OCH3 is 1. The second-order valence-electron chi connectivity index (χ2n) is 13.9. The van der Waals surface area contributed by atoms with Gasteiger partial charge in [-0.15, -0.1) is 0 Å². The van der Waals surface area contributed by atoms with E-state index in [2.05, 4.69) is 57.0 Å². The van der Waals surface area contributed by atoms with Crippen LogP contribution in [0.1, 0.15) is 98.1 Å². The van der Waals surface area contributed by atoms with Crippen LogP contribution in [0.25, 0.3) is 10.9 Å².